The number of ether oxygens (including phenoxy) is 1. The summed E-state index contributed by atoms with van der Waals surface area (Å²) in [6.07, 6.45) is 3.75. The molecule has 0 spiro atoms. The average molecular weight is 360 g/mol. The second-order valence-electron chi connectivity index (χ2n) is 4.59. The fraction of sp³-hybridized carbons (Fsp3) is 0.357. The van der Waals surface area contributed by atoms with Crippen LogP contribution in [-0.2, 0) is 13.1 Å². The molecule has 1 aromatic heterocycles. The number of benzene rings is 1. The molecule has 0 amide bonds. The minimum absolute atomic E-state index is 0.190. The van der Waals surface area contributed by atoms with Crippen molar-refractivity contribution in [3.8, 4) is 5.75 Å². The van der Waals surface area contributed by atoms with Gasteiger partial charge in [0, 0.05) is 29.3 Å². The fourth-order valence-corrected chi connectivity index (χ4v) is 2.31. The highest BCUT2D eigenvalue weighted by molar-refractivity contribution is 9.10. The second kappa shape index (κ2) is 7.51. The number of aromatic nitrogens is 2. The quantitative estimate of drug-likeness (QED) is 0.770. The molecule has 0 unspecified atom stereocenters. The van der Waals surface area contributed by atoms with Crippen LogP contribution in [0.15, 0.2) is 35.1 Å². The predicted molar refractivity (Wildman–Crippen MR) is 79.4 cm³/mol. The number of nitrogens with one attached hydrogen (secondary N) is 1. The molecule has 2 rings (SSSR count). The zero-order chi connectivity index (χ0) is 15.2. The van der Waals surface area contributed by atoms with Gasteiger partial charge in [-0.25, -0.2) is 0 Å². The molecule has 0 radical (unpaired) electrons. The maximum Gasteiger partial charge on any atom is 0.387 e. The van der Waals surface area contributed by atoms with Gasteiger partial charge in [0.15, 0.2) is 0 Å². The first-order valence-corrected chi connectivity index (χ1v) is 7.27. The van der Waals surface area contributed by atoms with E-state index in [4.69, 9.17) is 0 Å². The van der Waals surface area contributed by atoms with Crippen LogP contribution >= 0.6 is 15.9 Å². The van der Waals surface area contributed by atoms with E-state index in [1.807, 2.05) is 17.8 Å². The number of alkyl halides is 2. The molecule has 0 saturated heterocycles. The van der Waals surface area contributed by atoms with Crippen LogP contribution in [0, 0.1) is 6.92 Å². The lowest BCUT2D eigenvalue weighted by Gasteiger charge is -2.12. The van der Waals surface area contributed by atoms with Crippen molar-refractivity contribution in [2.24, 2.45) is 0 Å². The van der Waals surface area contributed by atoms with Crippen molar-refractivity contribution >= 4 is 15.9 Å². The Kier molecular flexibility index (Phi) is 5.69. The minimum Gasteiger partial charge on any atom is -0.434 e. The van der Waals surface area contributed by atoms with Gasteiger partial charge in [-0.15, -0.1) is 0 Å². The third kappa shape index (κ3) is 5.09. The molecule has 0 aliphatic heterocycles. The Labute approximate surface area is 130 Å². The third-order valence-electron chi connectivity index (χ3n) is 2.83. The molecule has 1 heterocycles. The maximum atomic E-state index is 12.3. The molecule has 0 atom stereocenters. The Morgan fingerprint density at radius 3 is 2.90 bits per heavy atom. The molecule has 21 heavy (non-hydrogen) atoms. The summed E-state index contributed by atoms with van der Waals surface area (Å²) < 4.78 is 31.9. The summed E-state index contributed by atoms with van der Waals surface area (Å²) in [4.78, 5) is 0. The van der Waals surface area contributed by atoms with Crippen LogP contribution in [0.5, 0.6) is 5.75 Å². The van der Waals surface area contributed by atoms with E-state index in [9.17, 15) is 8.78 Å². The van der Waals surface area contributed by atoms with E-state index in [1.165, 1.54) is 6.07 Å². The largest absolute Gasteiger partial charge is 0.434 e. The molecule has 7 heteroatoms. The Bertz CT molecular complexity index is 589. The van der Waals surface area contributed by atoms with Gasteiger partial charge in [-0.3, -0.25) is 4.68 Å². The lowest BCUT2D eigenvalue weighted by Crippen LogP contribution is -2.20. The Hall–Kier alpha value is -1.47. The van der Waals surface area contributed by atoms with Crippen LogP contribution in [0.2, 0.25) is 0 Å². The van der Waals surface area contributed by atoms with Gasteiger partial charge in [0.05, 0.1) is 12.7 Å². The molecule has 0 saturated carbocycles. The van der Waals surface area contributed by atoms with Crippen LogP contribution in [0.4, 0.5) is 8.78 Å². The van der Waals surface area contributed by atoms with E-state index in [2.05, 4.69) is 31.1 Å². The first kappa shape index (κ1) is 15.9. The summed E-state index contributed by atoms with van der Waals surface area (Å²) >= 11 is 3.33. The first-order chi connectivity index (χ1) is 10.0. The van der Waals surface area contributed by atoms with Crippen LogP contribution in [0.3, 0.4) is 0 Å². The van der Waals surface area contributed by atoms with Crippen LogP contribution in [0.1, 0.15) is 11.1 Å². The van der Waals surface area contributed by atoms with Gasteiger partial charge in [0.2, 0.25) is 0 Å². The van der Waals surface area contributed by atoms with Crippen molar-refractivity contribution < 1.29 is 13.5 Å². The number of hydrogen-bond acceptors (Lipinski definition) is 3. The van der Waals surface area contributed by atoms with Crippen molar-refractivity contribution in [3.63, 3.8) is 0 Å². The van der Waals surface area contributed by atoms with Gasteiger partial charge < -0.3 is 10.1 Å². The summed E-state index contributed by atoms with van der Waals surface area (Å²) in [7, 11) is 0. The van der Waals surface area contributed by atoms with E-state index >= 15 is 0 Å². The summed E-state index contributed by atoms with van der Waals surface area (Å²) in [5.41, 5.74) is 1.79. The predicted octanol–water partition coefficient (Wildman–Crippen LogP) is 3.35. The SMILES string of the molecule is Cc1cnn(CCNCc2cc(Br)ccc2OC(F)F)c1. The van der Waals surface area contributed by atoms with Gasteiger partial charge in [-0.05, 0) is 30.7 Å². The molecule has 2 aromatic rings. The lowest BCUT2D eigenvalue weighted by atomic mass is 10.2. The van der Waals surface area contributed by atoms with E-state index in [0.717, 1.165) is 10.0 Å². The normalized spacial score (nSPS) is 11.1. The summed E-state index contributed by atoms with van der Waals surface area (Å²) in [5.74, 6) is 0.190. The highest BCUT2D eigenvalue weighted by atomic mass is 79.9. The molecule has 0 aliphatic carbocycles. The molecular formula is C14H16BrF2N3O. The van der Waals surface area contributed by atoms with E-state index in [1.54, 1.807) is 18.3 Å². The number of hydrogen-bond donors (Lipinski definition) is 1. The van der Waals surface area contributed by atoms with Crippen LogP contribution < -0.4 is 10.1 Å². The highest BCUT2D eigenvalue weighted by Gasteiger charge is 2.09. The molecule has 0 fully saturated rings. The molecule has 4 nitrogen and oxygen atoms in total. The van der Waals surface area contributed by atoms with E-state index in [-0.39, 0.29) is 5.75 Å². The zero-order valence-electron chi connectivity index (χ0n) is 11.5. The van der Waals surface area contributed by atoms with Gasteiger partial charge in [-0.1, -0.05) is 15.9 Å². The Morgan fingerprint density at radius 2 is 2.24 bits per heavy atom. The minimum atomic E-state index is -2.82. The van der Waals surface area contributed by atoms with Gasteiger partial charge in [0.1, 0.15) is 5.75 Å². The summed E-state index contributed by atoms with van der Waals surface area (Å²) in [6, 6.07) is 4.97. The van der Waals surface area contributed by atoms with Crippen molar-refractivity contribution in [1.82, 2.24) is 15.1 Å². The molecule has 0 bridgehead atoms. The van der Waals surface area contributed by atoms with Crippen molar-refractivity contribution in [1.29, 1.82) is 0 Å². The van der Waals surface area contributed by atoms with E-state index in [0.29, 0.717) is 25.2 Å². The van der Waals surface area contributed by atoms with Gasteiger partial charge >= 0.3 is 6.61 Å². The zero-order valence-corrected chi connectivity index (χ0v) is 13.1. The van der Waals surface area contributed by atoms with E-state index < -0.39 is 6.61 Å². The van der Waals surface area contributed by atoms with Gasteiger partial charge in [-0.2, -0.15) is 13.9 Å². The lowest BCUT2D eigenvalue weighted by molar-refractivity contribution is -0.0505. The molecule has 0 aliphatic rings. The molecule has 1 aromatic carbocycles. The number of nitrogens with zero attached hydrogens (tertiary/aromatic N) is 2. The summed E-state index contributed by atoms with van der Waals surface area (Å²) in [5, 5.41) is 7.37. The topological polar surface area (TPSA) is 39.1 Å². The third-order valence-corrected chi connectivity index (χ3v) is 3.33. The number of halogens is 3. The maximum absolute atomic E-state index is 12.3. The number of rotatable bonds is 7. The highest BCUT2D eigenvalue weighted by Crippen LogP contribution is 2.24. The monoisotopic (exact) mass is 359 g/mol. The number of aryl methyl sites for hydroxylation is 1. The van der Waals surface area contributed by atoms with Crippen molar-refractivity contribution in [2.45, 2.75) is 26.6 Å². The average Bonchev–Trinajstić information content (AvgIpc) is 2.83. The molecular weight excluding hydrogens is 344 g/mol. The Morgan fingerprint density at radius 1 is 1.43 bits per heavy atom. The van der Waals surface area contributed by atoms with Gasteiger partial charge in [0.25, 0.3) is 0 Å². The summed E-state index contributed by atoms with van der Waals surface area (Å²) in [6.45, 7) is 1.000. The van der Waals surface area contributed by atoms with Crippen molar-refractivity contribution in [2.75, 3.05) is 6.54 Å². The fourth-order valence-electron chi connectivity index (χ4n) is 1.90. The smallest absolute Gasteiger partial charge is 0.387 e. The first-order valence-electron chi connectivity index (χ1n) is 6.47. The van der Waals surface area contributed by atoms with Crippen molar-refractivity contribution in [3.05, 3.63) is 46.2 Å². The molecule has 114 valence electrons. The standard InChI is InChI=1S/C14H16BrF2N3O/c1-10-7-19-20(9-10)5-4-18-8-11-6-12(15)2-3-13(11)21-14(16)17/h2-3,6-7,9,14,18H,4-5,8H2,1H3. The Balaban J connectivity index is 1.88. The van der Waals surface area contributed by atoms with Crippen LogP contribution in [-0.4, -0.2) is 22.9 Å². The second-order valence-corrected chi connectivity index (χ2v) is 5.50. The van der Waals surface area contributed by atoms with Crippen LogP contribution in [0.25, 0.3) is 0 Å². The molecule has 1 N–H and O–H groups in total.